The van der Waals surface area contributed by atoms with Gasteiger partial charge < -0.3 is 0 Å². The summed E-state index contributed by atoms with van der Waals surface area (Å²) in [6.07, 6.45) is 5.16. The van der Waals surface area contributed by atoms with Crippen LogP contribution in [0.1, 0.15) is 91.0 Å². The first kappa shape index (κ1) is 40.2. The van der Waals surface area contributed by atoms with E-state index in [2.05, 4.69) is 146 Å². The molecule has 0 aliphatic carbocycles. The first-order valence-electron chi connectivity index (χ1n) is 14.8. The molecule has 0 unspecified atom stereocenters. The van der Waals surface area contributed by atoms with Crippen LogP contribution in [0, 0.1) is 48.5 Å². The number of halogens is 2. The maximum absolute atomic E-state index is 5.29. The van der Waals surface area contributed by atoms with E-state index >= 15 is 0 Å². The van der Waals surface area contributed by atoms with E-state index < -0.39 is 0 Å². The average molecular weight is 743 g/mol. The number of hydrogen-bond donors (Lipinski definition) is 0. The third-order valence-corrected chi connectivity index (χ3v) is 6.68. The summed E-state index contributed by atoms with van der Waals surface area (Å²) in [6, 6.07) is 17.8. The molecule has 0 amide bonds. The Hall–Kier alpha value is -1.81. The zero-order chi connectivity index (χ0) is 32.2. The van der Waals surface area contributed by atoms with Crippen LogP contribution >= 0.6 is 28.5 Å². The van der Waals surface area contributed by atoms with Crippen molar-refractivity contribution in [2.24, 2.45) is 9.98 Å². The van der Waals surface area contributed by atoms with Crippen molar-refractivity contribution in [1.82, 2.24) is 0 Å². The maximum atomic E-state index is 5.29. The van der Waals surface area contributed by atoms with Gasteiger partial charge >= 0.3 is 39.3 Å². The molecule has 0 fully saturated rings. The molecule has 42 heavy (non-hydrogen) atoms. The monoisotopic (exact) mass is 740 g/mol. The summed E-state index contributed by atoms with van der Waals surface area (Å²) in [5.74, 6) is 0. The minimum absolute atomic E-state index is 0.869. The number of benzene rings is 3. The van der Waals surface area contributed by atoms with Crippen LogP contribution in [0.25, 0.3) is 0 Å². The van der Waals surface area contributed by atoms with Crippen LogP contribution in [-0.4, -0.2) is 11.4 Å². The quantitative estimate of drug-likeness (QED) is 0.0903. The van der Waals surface area contributed by atoms with Gasteiger partial charge in [0, 0.05) is 0 Å². The molecule has 3 aromatic rings. The molecule has 234 valence electrons. The van der Waals surface area contributed by atoms with Crippen molar-refractivity contribution < 1.29 is 10.9 Å². The fraction of sp³-hybridized carbons (Fsp3) is 0.405. The van der Waals surface area contributed by atoms with E-state index in [4.69, 9.17) is 9.98 Å². The number of rotatable bonds is 9. The number of nitrogens with zero attached hydrogens (tertiary/aromatic N) is 2. The summed E-state index contributed by atoms with van der Waals surface area (Å²) in [5.41, 5.74) is 14.7. The first-order chi connectivity index (χ1) is 20.1. The second kappa shape index (κ2) is 22.7. The van der Waals surface area contributed by atoms with Gasteiger partial charge in [-0.3, -0.25) is 9.98 Å². The Morgan fingerprint density at radius 1 is 0.643 bits per heavy atom. The molecule has 0 aromatic heterocycles. The van der Waals surface area contributed by atoms with Crippen molar-refractivity contribution in [2.45, 2.75) is 101 Å². The van der Waals surface area contributed by atoms with E-state index in [0.717, 1.165) is 54.9 Å². The van der Waals surface area contributed by atoms with Gasteiger partial charge in [0.1, 0.15) is 0 Å². The second-order valence-electron chi connectivity index (χ2n) is 10.2. The molecule has 0 saturated carbocycles. The Bertz CT molecular complexity index is 1230. The molecule has 0 aliphatic rings. The Morgan fingerprint density at radius 2 is 1.02 bits per heavy atom. The van der Waals surface area contributed by atoms with Gasteiger partial charge in [0.05, 0.1) is 22.8 Å². The molecule has 2 nitrogen and oxygen atoms in total. The third kappa shape index (κ3) is 14.1. The first-order valence-corrected chi connectivity index (χ1v) is 19.7. The zero-order valence-corrected chi connectivity index (χ0v) is 31.7. The van der Waals surface area contributed by atoms with Gasteiger partial charge in [-0.15, -0.1) is 13.2 Å². The van der Waals surface area contributed by atoms with Crippen molar-refractivity contribution in [3.05, 3.63) is 106 Å². The molecule has 0 N–H and O–H groups in total. The van der Waals surface area contributed by atoms with Crippen LogP contribution < -0.4 is 0 Å². The molecular formula is C37H52Br2N2Ni. The van der Waals surface area contributed by atoms with E-state index in [9.17, 15) is 0 Å². The van der Waals surface area contributed by atoms with Crippen LogP contribution in [-0.2, 0) is 17.3 Å². The van der Waals surface area contributed by atoms with Gasteiger partial charge in [-0.05, 0) is 108 Å². The Labute approximate surface area is 278 Å². The average Bonchev–Trinajstić information content (AvgIpc) is 2.95. The van der Waals surface area contributed by atoms with Gasteiger partial charge in [0.2, 0.25) is 0 Å². The van der Waals surface area contributed by atoms with Crippen molar-refractivity contribution in [1.29, 1.82) is 0 Å². The molecular weight excluding hydrogens is 691 g/mol. The number of hydrogen-bond acceptors (Lipinski definition) is 2. The number of aliphatic imine (C=N–C) groups is 2. The second-order valence-corrected chi connectivity index (χ2v) is 15.2. The van der Waals surface area contributed by atoms with Gasteiger partial charge in [-0.2, -0.15) is 0 Å². The van der Waals surface area contributed by atoms with E-state index in [0.29, 0.717) is 0 Å². The molecule has 0 spiro atoms. The van der Waals surface area contributed by atoms with Gasteiger partial charge in [0.15, 0.2) is 0 Å². The molecule has 0 bridgehead atoms. The fourth-order valence-corrected chi connectivity index (χ4v) is 4.96. The zero-order valence-electron chi connectivity index (χ0n) is 27.5. The van der Waals surface area contributed by atoms with Crippen LogP contribution in [0.2, 0.25) is 0 Å². The van der Waals surface area contributed by atoms with Gasteiger partial charge in [0.25, 0.3) is 0 Å². The molecule has 5 heteroatoms. The Balaban J connectivity index is 0.00000221. The Kier molecular flexibility index (Phi) is 21.7. The van der Waals surface area contributed by atoms with Gasteiger partial charge in [-0.1, -0.05) is 86.0 Å². The molecule has 3 aromatic carbocycles. The predicted molar refractivity (Wildman–Crippen MR) is 195 cm³/mol. The van der Waals surface area contributed by atoms with Crippen molar-refractivity contribution >= 4 is 51.2 Å². The summed E-state index contributed by atoms with van der Waals surface area (Å²) in [7, 11) is 1.25. The third-order valence-electron chi connectivity index (χ3n) is 6.68. The standard InChI is InChI=1S/C33H42N2.C2H6.C2H4.2BrH.Ni/c1-9-30(34-32-25(5)18-23(3)19-26(32)6)31(35-33-27(7)20-24(4)21-28(33)8)13-11-10-12-29-16-14-22(2)15-17-29;2*1-2;;;/h14-21H,9-13H2,1-8H3;1-2H3;1-2H2;2*1H;/q;;;;;+2/p-2. The van der Waals surface area contributed by atoms with Crippen molar-refractivity contribution in [3.63, 3.8) is 0 Å². The SMILES string of the molecule is C=C.CC.CCC(=Nc1c(C)cc(C)cc1C)C(CCCCc1ccc(C)cc1)=Nc1c(C)cc(C)cc1C.[Br][Ni][Br]. The minimum atomic E-state index is 0.869. The van der Waals surface area contributed by atoms with Crippen molar-refractivity contribution in [3.8, 4) is 0 Å². The fourth-order valence-electron chi connectivity index (χ4n) is 4.96. The molecule has 0 atom stereocenters. The topological polar surface area (TPSA) is 24.7 Å². The van der Waals surface area contributed by atoms with E-state index in [1.54, 1.807) is 0 Å². The number of aryl methyl sites for hydroxylation is 8. The van der Waals surface area contributed by atoms with Crippen LogP contribution in [0.3, 0.4) is 0 Å². The summed E-state index contributed by atoms with van der Waals surface area (Å²) in [5, 5.41) is 0. The van der Waals surface area contributed by atoms with E-state index in [-0.39, 0.29) is 0 Å². The van der Waals surface area contributed by atoms with Crippen LogP contribution in [0.15, 0.2) is 71.7 Å². The summed E-state index contributed by atoms with van der Waals surface area (Å²) < 4.78 is 0. The van der Waals surface area contributed by atoms with Gasteiger partial charge in [-0.25, -0.2) is 0 Å². The van der Waals surface area contributed by atoms with Crippen LogP contribution in [0.4, 0.5) is 11.4 Å². The summed E-state index contributed by atoms with van der Waals surface area (Å²) in [4.78, 5) is 10.5. The number of unbranched alkanes of at least 4 members (excludes halogenated alkanes) is 1. The molecule has 0 radical (unpaired) electrons. The molecule has 0 saturated heterocycles. The molecule has 3 rings (SSSR count). The Morgan fingerprint density at radius 3 is 1.40 bits per heavy atom. The normalized spacial score (nSPS) is 11.0. The molecule has 0 aliphatic heterocycles. The predicted octanol–water partition coefficient (Wildman–Crippen LogP) is 13.0. The van der Waals surface area contributed by atoms with E-state index in [1.807, 2.05) is 13.8 Å². The van der Waals surface area contributed by atoms with E-state index in [1.165, 1.54) is 55.4 Å². The summed E-state index contributed by atoms with van der Waals surface area (Å²) >= 11 is 6.00. The van der Waals surface area contributed by atoms with Crippen LogP contribution in [0.5, 0.6) is 0 Å². The summed E-state index contributed by atoms with van der Waals surface area (Å²) in [6.45, 7) is 27.3. The van der Waals surface area contributed by atoms with Crippen molar-refractivity contribution in [2.75, 3.05) is 0 Å². The molecule has 0 heterocycles.